The zero-order valence-corrected chi connectivity index (χ0v) is 11.7. The summed E-state index contributed by atoms with van der Waals surface area (Å²) in [6, 6.07) is 5.58. The number of hydrogen-bond donors (Lipinski definition) is 1. The van der Waals surface area contributed by atoms with Gasteiger partial charge in [0.25, 0.3) is 0 Å². The van der Waals surface area contributed by atoms with Gasteiger partial charge in [-0.3, -0.25) is 4.57 Å². The molecule has 0 saturated heterocycles. The van der Waals surface area contributed by atoms with Crippen molar-refractivity contribution in [3.63, 3.8) is 0 Å². The van der Waals surface area contributed by atoms with Crippen LogP contribution in [0.1, 0.15) is 31.1 Å². The number of nitrogens with zero attached hydrogens (tertiary/aromatic N) is 4. The molecule has 0 fully saturated rings. The summed E-state index contributed by atoms with van der Waals surface area (Å²) in [5, 5.41) is 16.5. The summed E-state index contributed by atoms with van der Waals surface area (Å²) in [5.74, 6) is 0. The van der Waals surface area contributed by atoms with Crippen molar-refractivity contribution in [2.45, 2.75) is 37.0 Å². The van der Waals surface area contributed by atoms with Crippen LogP contribution in [0, 0.1) is 18.3 Å². The smallest absolute Gasteiger partial charge is 0.267 e. The Hall–Kier alpha value is -2.07. The molecule has 0 bridgehead atoms. The number of aromatic amines is 1. The number of H-pyrrole nitrogens is 1. The van der Waals surface area contributed by atoms with E-state index < -0.39 is 0 Å². The number of rotatable bonds is 3. The number of aryl methyl sites for hydroxylation is 1. The van der Waals surface area contributed by atoms with Gasteiger partial charge in [-0.2, -0.15) is 5.26 Å². The molecule has 98 valence electrons. The van der Waals surface area contributed by atoms with Crippen molar-refractivity contribution >= 4 is 11.8 Å². The van der Waals surface area contributed by atoms with Crippen LogP contribution < -0.4 is 5.69 Å². The number of hydrogen-bond acceptors (Lipinski definition) is 5. The van der Waals surface area contributed by atoms with Crippen LogP contribution in [0.5, 0.6) is 0 Å². The molecule has 0 spiro atoms. The van der Waals surface area contributed by atoms with Crippen molar-refractivity contribution in [2.75, 3.05) is 0 Å². The lowest BCUT2D eigenvalue weighted by Crippen LogP contribution is -2.19. The third-order valence-corrected chi connectivity index (χ3v) is 3.47. The number of aromatic nitrogens is 4. The maximum atomic E-state index is 11.6. The van der Waals surface area contributed by atoms with E-state index in [1.807, 2.05) is 20.8 Å². The van der Waals surface area contributed by atoms with E-state index in [0.717, 1.165) is 5.69 Å². The van der Waals surface area contributed by atoms with Crippen molar-refractivity contribution in [1.29, 1.82) is 5.26 Å². The van der Waals surface area contributed by atoms with E-state index in [2.05, 4.69) is 21.3 Å². The van der Waals surface area contributed by atoms with Crippen molar-refractivity contribution in [2.24, 2.45) is 0 Å². The van der Waals surface area contributed by atoms with E-state index in [4.69, 9.17) is 5.26 Å². The molecule has 0 aliphatic heterocycles. The first-order valence-electron chi connectivity index (χ1n) is 5.75. The average Bonchev–Trinajstić information content (AvgIpc) is 2.71. The van der Waals surface area contributed by atoms with Gasteiger partial charge in [-0.15, -0.1) is 5.10 Å². The second-order valence-corrected chi connectivity index (χ2v) is 5.25. The Morgan fingerprint density at radius 3 is 2.84 bits per heavy atom. The van der Waals surface area contributed by atoms with E-state index in [9.17, 15) is 4.79 Å². The molecule has 0 saturated carbocycles. The summed E-state index contributed by atoms with van der Waals surface area (Å²) in [5.41, 5.74) is 1.03. The Balaban J connectivity index is 2.45. The van der Waals surface area contributed by atoms with Gasteiger partial charge < -0.3 is 0 Å². The maximum absolute atomic E-state index is 11.6. The highest BCUT2D eigenvalue weighted by molar-refractivity contribution is 7.99. The first kappa shape index (κ1) is 13.4. The molecule has 0 radical (unpaired) electrons. The highest BCUT2D eigenvalue weighted by Crippen LogP contribution is 2.27. The second-order valence-electron chi connectivity index (χ2n) is 4.29. The van der Waals surface area contributed by atoms with Gasteiger partial charge in [-0.1, -0.05) is 0 Å². The summed E-state index contributed by atoms with van der Waals surface area (Å²) in [7, 11) is 0. The van der Waals surface area contributed by atoms with Gasteiger partial charge in [-0.25, -0.2) is 14.9 Å². The van der Waals surface area contributed by atoms with E-state index in [0.29, 0.717) is 15.7 Å². The Morgan fingerprint density at radius 2 is 2.21 bits per heavy atom. The van der Waals surface area contributed by atoms with Crippen LogP contribution in [0.25, 0.3) is 0 Å². The van der Waals surface area contributed by atoms with Crippen molar-refractivity contribution in [1.82, 2.24) is 19.7 Å². The van der Waals surface area contributed by atoms with Crippen LogP contribution in [0.2, 0.25) is 0 Å². The molecule has 2 aromatic heterocycles. The Labute approximate surface area is 114 Å². The summed E-state index contributed by atoms with van der Waals surface area (Å²) in [4.78, 5) is 16.0. The highest BCUT2D eigenvalue weighted by atomic mass is 32.2. The monoisotopic (exact) mass is 275 g/mol. The molecule has 2 heterocycles. The molecule has 1 N–H and O–H groups in total. The largest absolute Gasteiger partial charge is 0.344 e. The molecule has 0 aliphatic carbocycles. The molecule has 2 aromatic rings. The van der Waals surface area contributed by atoms with Gasteiger partial charge in [0.1, 0.15) is 11.1 Å². The number of pyridine rings is 1. The fourth-order valence-electron chi connectivity index (χ4n) is 1.60. The molecular formula is C12H13N5OS. The Morgan fingerprint density at radius 1 is 1.47 bits per heavy atom. The third-order valence-electron chi connectivity index (χ3n) is 2.50. The van der Waals surface area contributed by atoms with Crippen LogP contribution in [0.3, 0.4) is 0 Å². The first-order chi connectivity index (χ1) is 9.02. The van der Waals surface area contributed by atoms with Crippen molar-refractivity contribution in [3.8, 4) is 6.07 Å². The van der Waals surface area contributed by atoms with Crippen LogP contribution in [-0.4, -0.2) is 19.7 Å². The van der Waals surface area contributed by atoms with Gasteiger partial charge >= 0.3 is 5.69 Å². The van der Waals surface area contributed by atoms with Crippen LogP contribution in [0.15, 0.2) is 27.1 Å². The highest BCUT2D eigenvalue weighted by Gasteiger charge is 2.15. The van der Waals surface area contributed by atoms with Crippen molar-refractivity contribution in [3.05, 3.63) is 33.9 Å². The van der Waals surface area contributed by atoms with E-state index in [-0.39, 0.29) is 11.7 Å². The maximum Gasteiger partial charge on any atom is 0.344 e. The molecule has 7 heteroatoms. The lowest BCUT2D eigenvalue weighted by Gasteiger charge is -2.08. The molecule has 0 aliphatic rings. The van der Waals surface area contributed by atoms with Gasteiger partial charge in [0.15, 0.2) is 5.16 Å². The standard InChI is InChI=1S/C12H13N5OS/c1-7(2)17-11(18)15-16-12(17)19-10-9(6-13)5-4-8(3)14-10/h4-5,7H,1-3H3,(H,15,18). The predicted molar refractivity (Wildman–Crippen MR) is 71.0 cm³/mol. The van der Waals surface area contributed by atoms with Crippen LogP contribution in [0.4, 0.5) is 0 Å². The molecular weight excluding hydrogens is 262 g/mol. The SMILES string of the molecule is Cc1ccc(C#N)c(Sc2n[nH]c(=O)n2C(C)C)n1. The number of nitriles is 1. The quantitative estimate of drug-likeness (QED) is 0.924. The zero-order valence-electron chi connectivity index (χ0n) is 10.8. The van der Waals surface area contributed by atoms with Gasteiger partial charge in [0.2, 0.25) is 0 Å². The average molecular weight is 275 g/mol. The molecule has 0 amide bonds. The summed E-state index contributed by atoms with van der Waals surface area (Å²) in [6.07, 6.45) is 0. The van der Waals surface area contributed by atoms with E-state index in [1.54, 1.807) is 12.1 Å². The minimum absolute atomic E-state index is 0.0101. The second kappa shape index (κ2) is 5.28. The van der Waals surface area contributed by atoms with Crippen LogP contribution in [-0.2, 0) is 0 Å². The van der Waals surface area contributed by atoms with Gasteiger partial charge in [0.05, 0.1) is 5.56 Å². The zero-order chi connectivity index (χ0) is 14.0. The fourth-order valence-corrected chi connectivity index (χ4v) is 2.67. The Kier molecular flexibility index (Phi) is 3.71. The molecule has 2 rings (SSSR count). The normalized spacial score (nSPS) is 10.7. The third kappa shape index (κ3) is 2.69. The molecule has 6 nitrogen and oxygen atoms in total. The van der Waals surface area contributed by atoms with Gasteiger partial charge in [-0.05, 0) is 44.7 Å². The molecule has 0 aromatic carbocycles. The summed E-state index contributed by atoms with van der Waals surface area (Å²) >= 11 is 1.22. The van der Waals surface area contributed by atoms with Crippen LogP contribution >= 0.6 is 11.8 Å². The summed E-state index contributed by atoms with van der Waals surface area (Å²) in [6.45, 7) is 5.65. The van der Waals surface area contributed by atoms with Gasteiger partial charge in [0, 0.05) is 11.7 Å². The molecule has 19 heavy (non-hydrogen) atoms. The predicted octanol–water partition coefficient (Wildman–Crippen LogP) is 1.88. The topological polar surface area (TPSA) is 87.4 Å². The molecule has 0 atom stereocenters. The summed E-state index contributed by atoms with van der Waals surface area (Å²) < 4.78 is 1.54. The van der Waals surface area contributed by atoms with Crippen molar-refractivity contribution < 1.29 is 0 Å². The lowest BCUT2D eigenvalue weighted by atomic mass is 10.3. The first-order valence-corrected chi connectivity index (χ1v) is 6.57. The fraction of sp³-hybridized carbons (Fsp3) is 0.333. The molecule has 0 unspecified atom stereocenters. The Bertz CT molecular complexity index is 695. The minimum Gasteiger partial charge on any atom is -0.267 e. The minimum atomic E-state index is -0.260. The van der Waals surface area contributed by atoms with E-state index in [1.165, 1.54) is 16.3 Å². The lowest BCUT2D eigenvalue weighted by molar-refractivity contribution is 0.534. The van der Waals surface area contributed by atoms with E-state index >= 15 is 0 Å². The number of nitrogens with one attached hydrogen (secondary N) is 1.